The summed E-state index contributed by atoms with van der Waals surface area (Å²) in [4.78, 5) is 10.5. The Bertz CT molecular complexity index is 303. The van der Waals surface area contributed by atoms with Crippen molar-refractivity contribution in [2.75, 3.05) is 0 Å². The van der Waals surface area contributed by atoms with Gasteiger partial charge in [-0.15, -0.1) is 0 Å². The first-order valence-electron chi connectivity index (χ1n) is 7.90. The summed E-state index contributed by atoms with van der Waals surface area (Å²) in [6.07, 6.45) is 24.0. The minimum atomic E-state index is -0.232. The molecule has 0 fully saturated rings. The first-order valence-corrected chi connectivity index (χ1v) is 8.28. The molecular weight excluding hydrogens is 268 g/mol. The van der Waals surface area contributed by atoms with E-state index < -0.39 is 0 Å². The van der Waals surface area contributed by atoms with Crippen molar-refractivity contribution in [2.24, 2.45) is 0 Å². The lowest BCUT2D eigenvalue weighted by Crippen LogP contribution is -1.83. The second-order valence-electron chi connectivity index (χ2n) is 4.97. The van der Waals surface area contributed by atoms with Crippen molar-refractivity contribution >= 4 is 16.8 Å². The van der Waals surface area contributed by atoms with E-state index in [-0.39, 0.29) is 5.24 Å². The topological polar surface area (TPSA) is 17.1 Å². The molecule has 0 saturated carbocycles. The normalized spacial score (nSPS) is 12.1. The number of allylic oxidation sites excluding steroid dienone is 6. The van der Waals surface area contributed by atoms with Crippen LogP contribution in [0.25, 0.3) is 0 Å². The largest absolute Gasteiger partial charge is 0.281 e. The van der Waals surface area contributed by atoms with Gasteiger partial charge in [0, 0.05) is 6.42 Å². The van der Waals surface area contributed by atoms with Crippen molar-refractivity contribution in [3.63, 3.8) is 0 Å². The van der Waals surface area contributed by atoms with E-state index >= 15 is 0 Å². The van der Waals surface area contributed by atoms with Gasteiger partial charge in [0.15, 0.2) is 0 Å². The van der Waals surface area contributed by atoms with Gasteiger partial charge >= 0.3 is 0 Å². The highest BCUT2D eigenvalue weighted by Gasteiger charge is 1.92. The number of unbranched alkanes of at least 4 members (excludes halogenated alkanes) is 5. The lowest BCUT2D eigenvalue weighted by atomic mass is 10.2. The molecule has 2 heteroatoms. The molecule has 0 heterocycles. The SMILES string of the molecule is CCCCCC=CCC=CCCC=CCCCC(=O)Cl. The second kappa shape index (κ2) is 16.2. The first-order chi connectivity index (χ1) is 9.77. The zero-order chi connectivity index (χ0) is 14.9. The summed E-state index contributed by atoms with van der Waals surface area (Å²) in [6.45, 7) is 2.23. The van der Waals surface area contributed by atoms with E-state index in [1.54, 1.807) is 0 Å². The number of hydrogen-bond acceptors (Lipinski definition) is 1. The third-order valence-corrected chi connectivity index (χ3v) is 3.18. The number of rotatable bonds is 13. The van der Waals surface area contributed by atoms with Crippen LogP contribution in [0, 0.1) is 0 Å². The van der Waals surface area contributed by atoms with Gasteiger partial charge in [0.1, 0.15) is 0 Å². The first kappa shape index (κ1) is 19.2. The summed E-state index contributed by atoms with van der Waals surface area (Å²) >= 11 is 5.26. The zero-order valence-electron chi connectivity index (χ0n) is 12.8. The number of carbonyl (C=O) groups excluding carboxylic acids is 1. The van der Waals surface area contributed by atoms with Gasteiger partial charge in [0.05, 0.1) is 0 Å². The zero-order valence-corrected chi connectivity index (χ0v) is 13.6. The van der Waals surface area contributed by atoms with E-state index in [9.17, 15) is 4.79 Å². The van der Waals surface area contributed by atoms with Crippen LogP contribution in [0.5, 0.6) is 0 Å². The fraction of sp³-hybridized carbons (Fsp3) is 0.611. The van der Waals surface area contributed by atoms with Crippen molar-refractivity contribution < 1.29 is 4.79 Å². The average Bonchev–Trinajstić information content (AvgIpc) is 2.43. The minimum Gasteiger partial charge on any atom is -0.281 e. The molecule has 0 atom stereocenters. The number of halogens is 1. The quantitative estimate of drug-likeness (QED) is 0.220. The van der Waals surface area contributed by atoms with Crippen LogP contribution in [0.2, 0.25) is 0 Å². The monoisotopic (exact) mass is 296 g/mol. The molecule has 1 nitrogen and oxygen atoms in total. The molecule has 0 spiro atoms. The Balaban J connectivity index is 3.30. The van der Waals surface area contributed by atoms with Crippen LogP contribution in [0.3, 0.4) is 0 Å². The summed E-state index contributed by atoms with van der Waals surface area (Å²) < 4.78 is 0. The van der Waals surface area contributed by atoms with Gasteiger partial charge in [-0.05, 0) is 56.5 Å². The summed E-state index contributed by atoms with van der Waals surface area (Å²) in [6, 6.07) is 0. The van der Waals surface area contributed by atoms with Crippen molar-refractivity contribution in [3.8, 4) is 0 Å². The maximum atomic E-state index is 10.5. The molecule has 0 aromatic heterocycles. The molecule has 0 saturated heterocycles. The third-order valence-electron chi connectivity index (χ3n) is 2.99. The van der Waals surface area contributed by atoms with E-state index in [0.29, 0.717) is 6.42 Å². The van der Waals surface area contributed by atoms with Crippen molar-refractivity contribution in [3.05, 3.63) is 36.5 Å². The highest BCUT2D eigenvalue weighted by molar-refractivity contribution is 6.63. The number of hydrogen-bond donors (Lipinski definition) is 0. The third kappa shape index (κ3) is 17.2. The molecule has 0 radical (unpaired) electrons. The molecule has 114 valence electrons. The van der Waals surface area contributed by atoms with E-state index in [4.69, 9.17) is 11.6 Å². The van der Waals surface area contributed by atoms with Crippen molar-refractivity contribution in [1.29, 1.82) is 0 Å². The molecule has 0 rings (SSSR count). The molecule has 20 heavy (non-hydrogen) atoms. The van der Waals surface area contributed by atoms with Gasteiger partial charge in [0.2, 0.25) is 5.24 Å². The maximum absolute atomic E-state index is 10.5. The molecule has 0 aliphatic rings. The highest BCUT2D eigenvalue weighted by Crippen LogP contribution is 2.03. The lowest BCUT2D eigenvalue weighted by molar-refractivity contribution is -0.111. The molecular formula is C18H29ClO. The second-order valence-corrected chi connectivity index (χ2v) is 5.39. The standard InChI is InChI=1S/C18H29ClO/c1-2-3-4-5-6-7-8-9-10-11-12-13-14-15-16-17-18(19)20/h6-7,9-10,13-14H,2-5,8,11-12,15-17H2,1H3. The van der Waals surface area contributed by atoms with Crippen molar-refractivity contribution in [2.45, 2.75) is 71.1 Å². The van der Waals surface area contributed by atoms with Crippen LogP contribution >= 0.6 is 11.6 Å². The van der Waals surface area contributed by atoms with Crippen LogP contribution in [-0.4, -0.2) is 5.24 Å². The molecule has 0 aliphatic carbocycles. The van der Waals surface area contributed by atoms with Crippen LogP contribution in [-0.2, 0) is 4.79 Å². The highest BCUT2D eigenvalue weighted by atomic mass is 35.5. The molecule has 0 amide bonds. The maximum Gasteiger partial charge on any atom is 0.221 e. The Morgan fingerprint density at radius 3 is 2.00 bits per heavy atom. The fourth-order valence-corrected chi connectivity index (χ4v) is 1.94. The van der Waals surface area contributed by atoms with E-state index in [1.807, 2.05) is 0 Å². The summed E-state index contributed by atoms with van der Waals surface area (Å²) in [5, 5.41) is -0.232. The van der Waals surface area contributed by atoms with Crippen LogP contribution in [0.1, 0.15) is 71.1 Å². The van der Waals surface area contributed by atoms with Crippen LogP contribution < -0.4 is 0 Å². The molecule has 0 aromatic carbocycles. The number of carbonyl (C=O) groups is 1. The van der Waals surface area contributed by atoms with E-state index in [0.717, 1.165) is 32.1 Å². The Labute approximate surface area is 129 Å². The van der Waals surface area contributed by atoms with Gasteiger partial charge in [-0.1, -0.05) is 56.2 Å². The van der Waals surface area contributed by atoms with E-state index in [1.165, 1.54) is 25.7 Å². The van der Waals surface area contributed by atoms with Crippen LogP contribution in [0.4, 0.5) is 0 Å². The lowest BCUT2D eigenvalue weighted by Gasteiger charge is -1.91. The molecule has 0 bridgehead atoms. The molecule has 0 aliphatic heterocycles. The summed E-state index contributed by atoms with van der Waals surface area (Å²) in [7, 11) is 0. The molecule has 0 N–H and O–H groups in total. The van der Waals surface area contributed by atoms with Gasteiger partial charge in [-0.2, -0.15) is 0 Å². The Morgan fingerprint density at radius 2 is 1.35 bits per heavy atom. The van der Waals surface area contributed by atoms with E-state index in [2.05, 4.69) is 43.4 Å². The Kier molecular flexibility index (Phi) is 15.6. The summed E-state index contributed by atoms with van der Waals surface area (Å²) in [5.74, 6) is 0. The van der Waals surface area contributed by atoms with Gasteiger partial charge in [-0.3, -0.25) is 4.79 Å². The summed E-state index contributed by atoms with van der Waals surface area (Å²) in [5.41, 5.74) is 0. The Morgan fingerprint density at radius 1 is 0.800 bits per heavy atom. The Hall–Kier alpha value is -0.820. The fourth-order valence-electron chi connectivity index (χ4n) is 1.81. The van der Waals surface area contributed by atoms with Crippen LogP contribution in [0.15, 0.2) is 36.5 Å². The average molecular weight is 297 g/mol. The predicted octanol–water partition coefficient (Wildman–Crippen LogP) is 6.34. The van der Waals surface area contributed by atoms with Gasteiger partial charge in [0.25, 0.3) is 0 Å². The molecule has 0 unspecified atom stereocenters. The smallest absolute Gasteiger partial charge is 0.221 e. The predicted molar refractivity (Wildman–Crippen MR) is 90.1 cm³/mol. The molecule has 0 aromatic rings. The van der Waals surface area contributed by atoms with Crippen molar-refractivity contribution in [1.82, 2.24) is 0 Å². The van der Waals surface area contributed by atoms with Gasteiger partial charge in [-0.25, -0.2) is 0 Å². The van der Waals surface area contributed by atoms with Gasteiger partial charge < -0.3 is 0 Å². The minimum absolute atomic E-state index is 0.232.